The average Bonchev–Trinajstić information content (AvgIpc) is 2.46. The van der Waals surface area contributed by atoms with Gasteiger partial charge in [-0.25, -0.2) is 0 Å². The van der Waals surface area contributed by atoms with Crippen LogP contribution in [0.1, 0.15) is 57.1 Å². The van der Waals surface area contributed by atoms with Crippen LogP contribution in [0, 0.1) is 0 Å². The molecule has 1 nitrogen and oxygen atoms in total. The Labute approximate surface area is 116 Å². The Morgan fingerprint density at radius 3 is 2.32 bits per heavy atom. The quantitative estimate of drug-likeness (QED) is 0.712. The fourth-order valence-electron chi connectivity index (χ4n) is 2.29. The van der Waals surface area contributed by atoms with Crippen LogP contribution in [0.5, 0.6) is 0 Å². The first-order chi connectivity index (χ1) is 9.13. The summed E-state index contributed by atoms with van der Waals surface area (Å²) in [4.78, 5) is 4.65. The fraction of sp³-hybridized carbons (Fsp3) is 0.389. The zero-order chi connectivity index (χ0) is 13.8. The Balaban J connectivity index is 2.41. The molecule has 0 N–H and O–H groups in total. The van der Waals surface area contributed by atoms with Crippen molar-refractivity contribution in [3.8, 4) is 11.3 Å². The number of benzene rings is 1. The lowest BCUT2D eigenvalue weighted by atomic mass is 9.92. The van der Waals surface area contributed by atoms with Gasteiger partial charge in [-0.15, -0.1) is 0 Å². The molecule has 0 amide bonds. The summed E-state index contributed by atoms with van der Waals surface area (Å²) in [6.07, 6.45) is 3.16. The van der Waals surface area contributed by atoms with Crippen LogP contribution in [-0.2, 0) is 0 Å². The van der Waals surface area contributed by atoms with E-state index in [1.54, 1.807) is 0 Å². The topological polar surface area (TPSA) is 12.9 Å². The molecule has 1 heteroatoms. The highest BCUT2D eigenvalue weighted by molar-refractivity contribution is 5.64. The van der Waals surface area contributed by atoms with Crippen molar-refractivity contribution in [3.63, 3.8) is 0 Å². The molecule has 1 atom stereocenters. The maximum Gasteiger partial charge on any atom is 0.0705 e. The molecular formula is C18H23N. The van der Waals surface area contributed by atoms with Crippen LogP contribution >= 0.6 is 0 Å². The van der Waals surface area contributed by atoms with E-state index in [1.165, 1.54) is 16.7 Å². The Morgan fingerprint density at radius 2 is 1.74 bits per heavy atom. The molecule has 0 fully saturated rings. The molecule has 100 valence electrons. The minimum atomic E-state index is 0.534. The second kappa shape index (κ2) is 6.01. The normalized spacial score (nSPS) is 12.7. The molecule has 0 radical (unpaired) electrons. The molecule has 0 aliphatic rings. The van der Waals surface area contributed by atoms with E-state index < -0.39 is 0 Å². The van der Waals surface area contributed by atoms with Crippen molar-refractivity contribution in [2.45, 2.75) is 46.0 Å². The molecule has 0 aliphatic carbocycles. The molecule has 19 heavy (non-hydrogen) atoms. The van der Waals surface area contributed by atoms with Gasteiger partial charge < -0.3 is 0 Å². The summed E-state index contributed by atoms with van der Waals surface area (Å²) in [5.41, 5.74) is 5.05. The molecule has 1 unspecified atom stereocenters. The minimum absolute atomic E-state index is 0.534. The fourth-order valence-corrected chi connectivity index (χ4v) is 2.29. The summed E-state index contributed by atoms with van der Waals surface area (Å²) < 4.78 is 0. The van der Waals surface area contributed by atoms with Crippen LogP contribution < -0.4 is 0 Å². The second-order valence-corrected chi connectivity index (χ2v) is 5.53. The number of hydrogen-bond acceptors (Lipinski definition) is 1. The van der Waals surface area contributed by atoms with E-state index in [0.29, 0.717) is 11.8 Å². The van der Waals surface area contributed by atoms with Gasteiger partial charge in [0.1, 0.15) is 0 Å². The van der Waals surface area contributed by atoms with E-state index in [2.05, 4.69) is 69.1 Å². The minimum Gasteiger partial charge on any atom is -0.256 e. The van der Waals surface area contributed by atoms with Crippen molar-refractivity contribution < 1.29 is 0 Å². The first-order valence-electron chi connectivity index (χ1n) is 7.18. The van der Waals surface area contributed by atoms with Crippen LogP contribution in [0.3, 0.4) is 0 Å². The van der Waals surface area contributed by atoms with Gasteiger partial charge in [0.2, 0.25) is 0 Å². The number of rotatable bonds is 4. The highest BCUT2D eigenvalue weighted by atomic mass is 14.7. The Kier molecular flexibility index (Phi) is 4.36. The molecule has 1 heterocycles. The summed E-state index contributed by atoms with van der Waals surface area (Å²) >= 11 is 0. The molecule has 0 saturated carbocycles. The third-order valence-electron chi connectivity index (χ3n) is 3.83. The SMILES string of the molecule is CCC(C)c1ccccc1-c1ccc(C(C)C)cn1. The molecule has 0 bridgehead atoms. The van der Waals surface area contributed by atoms with Gasteiger partial charge >= 0.3 is 0 Å². The Bertz CT molecular complexity index is 526. The maximum absolute atomic E-state index is 4.65. The lowest BCUT2D eigenvalue weighted by Gasteiger charge is -2.15. The first-order valence-corrected chi connectivity index (χ1v) is 7.18. The van der Waals surface area contributed by atoms with E-state index in [1.807, 2.05) is 6.20 Å². The van der Waals surface area contributed by atoms with Gasteiger partial charge in [0.25, 0.3) is 0 Å². The third kappa shape index (κ3) is 3.04. The van der Waals surface area contributed by atoms with E-state index >= 15 is 0 Å². The van der Waals surface area contributed by atoms with Crippen LogP contribution in [0.2, 0.25) is 0 Å². The number of hydrogen-bond donors (Lipinski definition) is 0. The van der Waals surface area contributed by atoms with Gasteiger partial charge in [-0.1, -0.05) is 58.0 Å². The molecule has 1 aromatic heterocycles. The Morgan fingerprint density at radius 1 is 1.00 bits per heavy atom. The van der Waals surface area contributed by atoms with E-state index in [9.17, 15) is 0 Å². The first kappa shape index (κ1) is 13.8. The van der Waals surface area contributed by atoms with Gasteiger partial charge in [0.15, 0.2) is 0 Å². The summed E-state index contributed by atoms with van der Waals surface area (Å²) in [7, 11) is 0. The van der Waals surface area contributed by atoms with Crippen LogP contribution in [0.4, 0.5) is 0 Å². The summed E-state index contributed by atoms with van der Waals surface area (Å²) in [6, 6.07) is 13.0. The second-order valence-electron chi connectivity index (χ2n) is 5.53. The zero-order valence-corrected chi connectivity index (χ0v) is 12.4. The third-order valence-corrected chi connectivity index (χ3v) is 3.83. The summed E-state index contributed by atoms with van der Waals surface area (Å²) in [6.45, 7) is 8.91. The maximum atomic E-state index is 4.65. The highest BCUT2D eigenvalue weighted by Crippen LogP contribution is 2.30. The van der Waals surface area contributed by atoms with Gasteiger partial charge in [0.05, 0.1) is 5.69 Å². The molecular weight excluding hydrogens is 230 g/mol. The zero-order valence-electron chi connectivity index (χ0n) is 12.4. The van der Waals surface area contributed by atoms with E-state index in [0.717, 1.165) is 12.1 Å². The summed E-state index contributed by atoms with van der Waals surface area (Å²) in [5, 5.41) is 0. The standard InChI is InChI=1S/C18H23N/c1-5-14(4)16-8-6-7-9-17(16)18-11-10-15(12-19-18)13(2)3/h6-14H,5H2,1-4H3. The molecule has 0 spiro atoms. The highest BCUT2D eigenvalue weighted by Gasteiger charge is 2.11. The monoisotopic (exact) mass is 253 g/mol. The predicted octanol–water partition coefficient (Wildman–Crippen LogP) is 5.39. The molecule has 1 aromatic carbocycles. The Hall–Kier alpha value is -1.63. The van der Waals surface area contributed by atoms with Crippen LogP contribution in [-0.4, -0.2) is 4.98 Å². The van der Waals surface area contributed by atoms with Crippen molar-refractivity contribution >= 4 is 0 Å². The number of aromatic nitrogens is 1. The average molecular weight is 253 g/mol. The van der Waals surface area contributed by atoms with Crippen molar-refractivity contribution in [2.24, 2.45) is 0 Å². The van der Waals surface area contributed by atoms with Gasteiger partial charge in [-0.05, 0) is 35.4 Å². The lowest BCUT2D eigenvalue weighted by Crippen LogP contribution is -1.97. The molecule has 0 saturated heterocycles. The lowest BCUT2D eigenvalue weighted by molar-refractivity contribution is 0.735. The van der Waals surface area contributed by atoms with Crippen molar-refractivity contribution in [1.82, 2.24) is 4.98 Å². The predicted molar refractivity (Wildman–Crippen MR) is 82.5 cm³/mol. The largest absolute Gasteiger partial charge is 0.256 e. The smallest absolute Gasteiger partial charge is 0.0705 e. The molecule has 2 aromatic rings. The van der Waals surface area contributed by atoms with Crippen LogP contribution in [0.25, 0.3) is 11.3 Å². The van der Waals surface area contributed by atoms with Gasteiger partial charge in [0, 0.05) is 11.8 Å². The molecule has 0 aliphatic heterocycles. The van der Waals surface area contributed by atoms with Crippen molar-refractivity contribution in [2.75, 3.05) is 0 Å². The van der Waals surface area contributed by atoms with Gasteiger partial charge in [-0.3, -0.25) is 4.98 Å². The van der Waals surface area contributed by atoms with E-state index in [-0.39, 0.29) is 0 Å². The van der Waals surface area contributed by atoms with Crippen molar-refractivity contribution in [3.05, 3.63) is 53.7 Å². The van der Waals surface area contributed by atoms with Gasteiger partial charge in [-0.2, -0.15) is 0 Å². The van der Waals surface area contributed by atoms with E-state index in [4.69, 9.17) is 0 Å². The number of pyridine rings is 1. The molecule has 2 rings (SSSR count). The summed E-state index contributed by atoms with van der Waals surface area (Å²) in [5.74, 6) is 1.11. The number of nitrogens with zero attached hydrogens (tertiary/aromatic N) is 1. The van der Waals surface area contributed by atoms with Crippen molar-refractivity contribution in [1.29, 1.82) is 0 Å². The van der Waals surface area contributed by atoms with Crippen LogP contribution in [0.15, 0.2) is 42.6 Å².